The predicted octanol–water partition coefficient (Wildman–Crippen LogP) is 12.0. The van der Waals surface area contributed by atoms with E-state index in [1.807, 2.05) is 11.3 Å². The highest BCUT2D eigenvalue weighted by Crippen LogP contribution is 2.54. The number of hydrogen-bond acceptors (Lipinski definition) is 2. The minimum atomic E-state index is 0.0844. The fraction of sp³-hybridized carbons (Fsp3) is 0.0465. The minimum Gasteiger partial charge on any atom is -0.247 e. The van der Waals surface area contributed by atoms with Gasteiger partial charge in [0, 0.05) is 37.0 Å². The Morgan fingerprint density at radius 3 is 2.18 bits per heavy atom. The Bertz CT molecular complexity index is 2680. The van der Waals surface area contributed by atoms with Crippen molar-refractivity contribution >= 4 is 64.0 Å². The minimum absolute atomic E-state index is 0.0844. The molecule has 2 aromatic heterocycles. The van der Waals surface area contributed by atoms with E-state index in [0.29, 0.717) is 0 Å². The summed E-state index contributed by atoms with van der Waals surface area (Å²) < 4.78 is 2.69. The zero-order valence-corrected chi connectivity index (χ0v) is 25.5. The van der Waals surface area contributed by atoms with Gasteiger partial charge in [-0.3, -0.25) is 0 Å². The van der Waals surface area contributed by atoms with Crippen molar-refractivity contribution in [2.45, 2.75) is 12.8 Å². The average molecular weight is 590 g/mol. The molecule has 0 fully saturated rings. The lowest BCUT2D eigenvalue weighted by Crippen LogP contribution is -2.07. The molecule has 2 heterocycles. The van der Waals surface area contributed by atoms with Gasteiger partial charge < -0.3 is 0 Å². The molecule has 1 nitrogen and oxygen atoms in total. The largest absolute Gasteiger partial charge is 0.247 e. The van der Waals surface area contributed by atoms with Crippen LogP contribution in [0.1, 0.15) is 28.2 Å². The second-order valence-electron chi connectivity index (χ2n) is 12.3. The number of nitrogens with zero attached hydrogens (tertiary/aromatic N) is 1. The molecule has 0 saturated carbocycles. The quantitative estimate of drug-likeness (QED) is 0.195. The van der Waals surface area contributed by atoms with Crippen molar-refractivity contribution in [1.29, 1.82) is 0 Å². The molecule has 7 aromatic carbocycles. The highest BCUT2D eigenvalue weighted by Gasteiger charge is 2.34. The summed E-state index contributed by atoms with van der Waals surface area (Å²) in [5.41, 5.74) is 11.3. The smallest absolute Gasteiger partial charge is 0.0754 e. The first-order chi connectivity index (χ1) is 22.2. The van der Waals surface area contributed by atoms with Crippen LogP contribution in [0.2, 0.25) is 0 Å². The Morgan fingerprint density at radius 1 is 0.533 bits per heavy atom. The van der Waals surface area contributed by atoms with E-state index in [9.17, 15) is 0 Å². The van der Waals surface area contributed by atoms with E-state index in [0.717, 1.165) is 16.8 Å². The lowest BCUT2D eigenvalue weighted by molar-refractivity contribution is 0.995. The van der Waals surface area contributed by atoms with Crippen molar-refractivity contribution in [3.63, 3.8) is 0 Å². The van der Waals surface area contributed by atoms with Gasteiger partial charge in [-0.05, 0) is 92.2 Å². The van der Waals surface area contributed by atoms with Gasteiger partial charge in [0.2, 0.25) is 0 Å². The van der Waals surface area contributed by atoms with Gasteiger partial charge in [0.15, 0.2) is 0 Å². The molecule has 0 aliphatic heterocycles. The number of fused-ring (bicyclic) bond motifs is 10. The van der Waals surface area contributed by atoms with Gasteiger partial charge in [-0.2, -0.15) is 0 Å². The molecule has 9 aromatic rings. The molecule has 1 aliphatic rings. The van der Waals surface area contributed by atoms with Crippen molar-refractivity contribution in [2.75, 3.05) is 0 Å². The summed E-state index contributed by atoms with van der Waals surface area (Å²) in [4.78, 5) is 5.44. The van der Waals surface area contributed by atoms with Crippen LogP contribution < -0.4 is 0 Å². The van der Waals surface area contributed by atoms with Gasteiger partial charge in [0.1, 0.15) is 0 Å². The van der Waals surface area contributed by atoms with E-state index in [1.54, 1.807) is 0 Å². The fourth-order valence-electron chi connectivity index (χ4n) is 7.85. The topological polar surface area (TPSA) is 12.9 Å². The Labute approximate surface area is 265 Å². The van der Waals surface area contributed by atoms with Gasteiger partial charge in [-0.1, -0.05) is 109 Å². The van der Waals surface area contributed by atoms with E-state index < -0.39 is 0 Å². The van der Waals surface area contributed by atoms with Crippen LogP contribution in [0, 0.1) is 6.92 Å². The predicted molar refractivity (Wildman–Crippen MR) is 193 cm³/mol. The summed E-state index contributed by atoms with van der Waals surface area (Å²) in [6, 6.07) is 51.4. The molecule has 2 heteroatoms. The van der Waals surface area contributed by atoms with Crippen LogP contribution in [0.4, 0.5) is 0 Å². The van der Waals surface area contributed by atoms with E-state index in [-0.39, 0.29) is 5.92 Å². The van der Waals surface area contributed by atoms with Crippen molar-refractivity contribution in [3.8, 4) is 22.4 Å². The van der Waals surface area contributed by atoms with Crippen molar-refractivity contribution in [1.82, 2.24) is 4.98 Å². The molecule has 1 unspecified atom stereocenters. The lowest BCUT2D eigenvalue weighted by Gasteiger charge is -2.22. The molecule has 0 spiro atoms. The zero-order valence-electron chi connectivity index (χ0n) is 24.7. The third-order valence-electron chi connectivity index (χ3n) is 9.92. The maximum atomic E-state index is 5.44. The molecule has 10 rings (SSSR count). The summed E-state index contributed by atoms with van der Waals surface area (Å²) in [6.45, 7) is 2.30. The highest BCUT2D eigenvalue weighted by molar-refractivity contribution is 7.26. The zero-order chi connectivity index (χ0) is 29.6. The van der Waals surface area contributed by atoms with Crippen molar-refractivity contribution < 1.29 is 0 Å². The second-order valence-corrected chi connectivity index (χ2v) is 13.4. The second kappa shape index (κ2) is 9.34. The molecule has 0 amide bonds. The molecule has 0 N–H and O–H groups in total. The van der Waals surface area contributed by atoms with Crippen LogP contribution in [0.15, 0.2) is 140 Å². The number of aromatic nitrogens is 1. The Kier molecular flexibility index (Phi) is 5.20. The van der Waals surface area contributed by atoms with Crippen LogP contribution in [-0.4, -0.2) is 4.98 Å². The van der Waals surface area contributed by atoms with E-state index in [2.05, 4.69) is 146 Å². The monoisotopic (exact) mass is 589 g/mol. The number of hydrogen-bond donors (Lipinski definition) is 0. The fourth-order valence-corrected chi connectivity index (χ4v) is 9.01. The molecule has 0 radical (unpaired) electrons. The van der Waals surface area contributed by atoms with E-state index >= 15 is 0 Å². The van der Waals surface area contributed by atoms with Crippen LogP contribution in [0.25, 0.3) is 75.0 Å². The summed E-state index contributed by atoms with van der Waals surface area (Å²) >= 11 is 1.91. The maximum absolute atomic E-state index is 5.44. The number of para-hydroxylation sites is 1. The summed E-state index contributed by atoms with van der Waals surface area (Å²) in [7, 11) is 0. The van der Waals surface area contributed by atoms with Gasteiger partial charge in [0.05, 0.1) is 11.2 Å². The third-order valence-corrected chi connectivity index (χ3v) is 11.0. The Hall–Kier alpha value is -5.31. The normalized spacial score (nSPS) is 14.1. The van der Waals surface area contributed by atoms with Crippen molar-refractivity contribution in [2.24, 2.45) is 0 Å². The van der Waals surface area contributed by atoms with Crippen LogP contribution in [-0.2, 0) is 0 Å². The average Bonchev–Trinajstić information content (AvgIpc) is 3.62. The number of benzene rings is 7. The Balaban J connectivity index is 1.30. The molecule has 210 valence electrons. The van der Waals surface area contributed by atoms with Crippen LogP contribution in [0.5, 0.6) is 0 Å². The van der Waals surface area contributed by atoms with E-state index in [1.165, 1.54) is 80.5 Å². The molecule has 0 saturated heterocycles. The molecule has 1 atom stereocenters. The summed E-state index contributed by atoms with van der Waals surface area (Å²) in [5, 5.41) is 9.05. The lowest BCUT2D eigenvalue weighted by atomic mass is 9.82. The highest BCUT2D eigenvalue weighted by atomic mass is 32.1. The first-order valence-electron chi connectivity index (χ1n) is 15.6. The maximum Gasteiger partial charge on any atom is 0.0754 e. The van der Waals surface area contributed by atoms with Gasteiger partial charge in [0.25, 0.3) is 0 Å². The van der Waals surface area contributed by atoms with Gasteiger partial charge >= 0.3 is 0 Å². The number of pyridine rings is 1. The molecule has 1 aliphatic carbocycles. The molecular weight excluding hydrogens is 563 g/mol. The summed E-state index contributed by atoms with van der Waals surface area (Å²) in [6.07, 6.45) is 0. The van der Waals surface area contributed by atoms with E-state index in [4.69, 9.17) is 4.98 Å². The molecule has 0 bridgehead atoms. The van der Waals surface area contributed by atoms with Crippen LogP contribution in [0.3, 0.4) is 0 Å². The Morgan fingerprint density at radius 2 is 1.27 bits per heavy atom. The standard InChI is InChI=1S/C43H27NS/c1-25-30-13-8-9-17-37(30)44-43(29-19-18-26-10-2-3-12-28(26)22-29)40(25)42-33-16-7-6-15-32(33)34-23-36-39(24-35(34)42)45-38-21-20-27-11-4-5-14-31(27)41(36)38/h2-24,42H,1H3. The van der Waals surface area contributed by atoms with Crippen LogP contribution >= 0.6 is 11.3 Å². The number of aryl methyl sites for hydroxylation is 1. The molecule has 45 heavy (non-hydrogen) atoms. The number of thiophene rings is 1. The SMILES string of the molecule is Cc1c(C2c3ccccc3-c3cc4c(cc32)sc2ccc3ccccc3c24)c(-c2ccc3ccccc3c2)nc2ccccc12. The summed E-state index contributed by atoms with van der Waals surface area (Å²) in [5.74, 6) is 0.0844. The van der Waals surface area contributed by atoms with Gasteiger partial charge in [-0.15, -0.1) is 11.3 Å². The first-order valence-corrected chi connectivity index (χ1v) is 16.4. The molecular formula is C43H27NS. The van der Waals surface area contributed by atoms with Gasteiger partial charge in [-0.25, -0.2) is 4.98 Å². The number of rotatable bonds is 2. The third kappa shape index (κ3) is 3.58. The van der Waals surface area contributed by atoms with Crippen molar-refractivity contribution in [3.05, 3.63) is 162 Å². The first kappa shape index (κ1) is 25.1.